The molecule has 0 aromatic heterocycles. The fourth-order valence-electron chi connectivity index (χ4n) is 1.11. The van der Waals surface area contributed by atoms with Crippen LogP contribution in [0.15, 0.2) is 48.6 Å². The van der Waals surface area contributed by atoms with Gasteiger partial charge in [0.05, 0.1) is 0 Å². The normalized spacial score (nSPS) is 11.4. The second-order valence-corrected chi connectivity index (χ2v) is 3.25. The van der Waals surface area contributed by atoms with Gasteiger partial charge in [0.2, 0.25) is 0 Å². The lowest BCUT2D eigenvalue weighted by Gasteiger charge is -2.18. The largest absolute Gasteiger partial charge is 0.239 e. The Labute approximate surface area is 80.2 Å². The monoisotopic (exact) mass is 180 g/mol. The summed E-state index contributed by atoms with van der Waals surface area (Å²) in [7, 11) is 0. The average molecular weight is 180 g/mol. The number of hydrogen-bond acceptors (Lipinski definition) is 0. The molecule has 1 heteroatoms. The molecule has 0 rings (SSSR count). The molecule has 0 spiro atoms. The van der Waals surface area contributed by atoms with E-state index in [1.165, 1.54) is 13.8 Å². The first kappa shape index (κ1) is 11.9. The van der Waals surface area contributed by atoms with Gasteiger partial charge in [-0.05, 0) is 31.9 Å². The smallest absolute Gasteiger partial charge is 0.131 e. The Hall–Kier alpha value is -1.11. The third-order valence-corrected chi connectivity index (χ3v) is 1.72. The van der Waals surface area contributed by atoms with E-state index in [1.807, 2.05) is 13.0 Å². The van der Waals surface area contributed by atoms with E-state index in [2.05, 4.69) is 13.2 Å². The molecular formula is C12H17F. The second-order valence-electron chi connectivity index (χ2n) is 3.25. The van der Waals surface area contributed by atoms with Crippen LogP contribution in [0.2, 0.25) is 0 Å². The number of alkyl halides is 1. The first-order valence-electron chi connectivity index (χ1n) is 4.28. The number of rotatable bonds is 4. The minimum atomic E-state index is -1.36. The highest BCUT2D eigenvalue weighted by Gasteiger charge is 2.21. The highest BCUT2D eigenvalue weighted by Crippen LogP contribution is 2.26. The van der Waals surface area contributed by atoms with Gasteiger partial charge in [0.25, 0.3) is 0 Å². The Balaban J connectivity index is 5.33. The molecule has 13 heavy (non-hydrogen) atoms. The van der Waals surface area contributed by atoms with E-state index in [-0.39, 0.29) is 0 Å². The predicted octanol–water partition coefficient (Wildman–Crippen LogP) is 3.98. The van der Waals surface area contributed by atoms with Crippen LogP contribution < -0.4 is 0 Å². The molecule has 0 aliphatic carbocycles. The Morgan fingerprint density at radius 3 is 1.92 bits per heavy atom. The standard InChI is InChI=1S/C12H17F/c1-6-9-11(12(4,5)13)10(7-2)8-3/h6-9H,2-3H2,1,4-5H3/b9-6-. The van der Waals surface area contributed by atoms with Crippen LogP contribution >= 0.6 is 0 Å². The van der Waals surface area contributed by atoms with Gasteiger partial charge in [-0.2, -0.15) is 0 Å². The van der Waals surface area contributed by atoms with Crippen LogP contribution in [0.25, 0.3) is 0 Å². The lowest BCUT2D eigenvalue weighted by molar-refractivity contribution is 0.273. The minimum Gasteiger partial charge on any atom is -0.239 e. The number of halogens is 1. The van der Waals surface area contributed by atoms with Gasteiger partial charge in [-0.1, -0.05) is 37.5 Å². The SMILES string of the molecule is C=CC(C=C)=C(/C=C\C)C(C)(C)F. The molecule has 0 aliphatic rings. The van der Waals surface area contributed by atoms with Crippen molar-refractivity contribution in [1.29, 1.82) is 0 Å². The van der Waals surface area contributed by atoms with Crippen LogP contribution in [-0.4, -0.2) is 5.67 Å². The summed E-state index contributed by atoms with van der Waals surface area (Å²) in [5, 5.41) is 0. The molecule has 0 unspecified atom stereocenters. The van der Waals surface area contributed by atoms with E-state index >= 15 is 0 Å². The van der Waals surface area contributed by atoms with E-state index < -0.39 is 5.67 Å². The van der Waals surface area contributed by atoms with Gasteiger partial charge in [-0.15, -0.1) is 0 Å². The molecule has 0 radical (unpaired) electrons. The molecule has 0 N–H and O–H groups in total. The van der Waals surface area contributed by atoms with Crippen molar-refractivity contribution in [3.63, 3.8) is 0 Å². The third-order valence-electron chi connectivity index (χ3n) is 1.72. The molecule has 0 aromatic rings. The third kappa shape index (κ3) is 3.41. The first-order valence-corrected chi connectivity index (χ1v) is 4.28. The van der Waals surface area contributed by atoms with Gasteiger partial charge in [-0.3, -0.25) is 0 Å². The summed E-state index contributed by atoms with van der Waals surface area (Å²) in [6.45, 7) is 12.1. The summed E-state index contributed by atoms with van der Waals surface area (Å²) >= 11 is 0. The van der Waals surface area contributed by atoms with Crippen molar-refractivity contribution >= 4 is 0 Å². The van der Waals surface area contributed by atoms with Crippen molar-refractivity contribution in [3.8, 4) is 0 Å². The number of hydrogen-bond donors (Lipinski definition) is 0. The van der Waals surface area contributed by atoms with Crippen LogP contribution in [0.5, 0.6) is 0 Å². The highest BCUT2D eigenvalue weighted by atomic mass is 19.1. The van der Waals surface area contributed by atoms with Crippen molar-refractivity contribution in [3.05, 3.63) is 48.6 Å². The average Bonchev–Trinajstić information content (AvgIpc) is 2.03. The zero-order chi connectivity index (χ0) is 10.5. The minimum absolute atomic E-state index is 0.611. The van der Waals surface area contributed by atoms with Crippen LogP contribution in [0.1, 0.15) is 20.8 Å². The maximum absolute atomic E-state index is 13.7. The Morgan fingerprint density at radius 1 is 1.23 bits per heavy atom. The van der Waals surface area contributed by atoms with Crippen molar-refractivity contribution in [1.82, 2.24) is 0 Å². The molecule has 0 atom stereocenters. The topological polar surface area (TPSA) is 0 Å². The molecule has 0 saturated carbocycles. The summed E-state index contributed by atoms with van der Waals surface area (Å²) < 4.78 is 13.7. The zero-order valence-corrected chi connectivity index (χ0v) is 8.60. The summed E-state index contributed by atoms with van der Waals surface area (Å²) in [4.78, 5) is 0. The van der Waals surface area contributed by atoms with Crippen LogP contribution in [0.4, 0.5) is 4.39 Å². The Bertz CT molecular complexity index is 239. The van der Waals surface area contributed by atoms with Gasteiger partial charge in [0.1, 0.15) is 5.67 Å². The summed E-state index contributed by atoms with van der Waals surface area (Å²) in [5.74, 6) is 0. The molecule has 0 aliphatic heterocycles. The summed E-state index contributed by atoms with van der Waals surface area (Å²) in [6.07, 6.45) is 6.79. The fraction of sp³-hybridized carbons (Fsp3) is 0.333. The Morgan fingerprint density at radius 2 is 1.69 bits per heavy atom. The maximum atomic E-state index is 13.7. The molecule has 0 heterocycles. The van der Waals surface area contributed by atoms with Crippen molar-refractivity contribution in [2.24, 2.45) is 0 Å². The van der Waals surface area contributed by atoms with Gasteiger partial charge >= 0.3 is 0 Å². The maximum Gasteiger partial charge on any atom is 0.131 e. The molecule has 0 aromatic carbocycles. The molecule has 0 saturated heterocycles. The zero-order valence-electron chi connectivity index (χ0n) is 8.60. The molecule has 72 valence electrons. The lowest BCUT2D eigenvalue weighted by atomic mass is 9.94. The van der Waals surface area contributed by atoms with Crippen LogP contribution in [-0.2, 0) is 0 Å². The van der Waals surface area contributed by atoms with Crippen molar-refractivity contribution in [2.75, 3.05) is 0 Å². The first-order chi connectivity index (χ1) is 5.97. The summed E-state index contributed by atoms with van der Waals surface area (Å²) in [5.41, 5.74) is -0.00451. The van der Waals surface area contributed by atoms with Crippen LogP contribution in [0, 0.1) is 0 Å². The fourth-order valence-corrected chi connectivity index (χ4v) is 1.11. The molecule has 0 amide bonds. The molecule has 0 fully saturated rings. The summed E-state index contributed by atoms with van der Waals surface area (Å²) in [6, 6.07) is 0. The van der Waals surface area contributed by atoms with Crippen molar-refractivity contribution < 1.29 is 4.39 Å². The lowest BCUT2D eigenvalue weighted by Crippen LogP contribution is -2.15. The van der Waals surface area contributed by atoms with E-state index in [4.69, 9.17) is 0 Å². The van der Waals surface area contributed by atoms with E-state index in [1.54, 1.807) is 18.2 Å². The van der Waals surface area contributed by atoms with E-state index in [9.17, 15) is 4.39 Å². The van der Waals surface area contributed by atoms with E-state index in [0.29, 0.717) is 5.57 Å². The quantitative estimate of drug-likeness (QED) is 0.574. The highest BCUT2D eigenvalue weighted by molar-refractivity contribution is 5.43. The molecule has 0 bridgehead atoms. The van der Waals surface area contributed by atoms with Crippen molar-refractivity contribution in [2.45, 2.75) is 26.4 Å². The van der Waals surface area contributed by atoms with Gasteiger partial charge in [0, 0.05) is 0 Å². The molecule has 0 nitrogen and oxygen atoms in total. The van der Waals surface area contributed by atoms with Gasteiger partial charge < -0.3 is 0 Å². The van der Waals surface area contributed by atoms with Crippen LogP contribution in [0.3, 0.4) is 0 Å². The van der Waals surface area contributed by atoms with E-state index in [0.717, 1.165) is 5.57 Å². The van der Waals surface area contributed by atoms with Gasteiger partial charge in [0.15, 0.2) is 0 Å². The second kappa shape index (κ2) is 4.80. The molecular weight excluding hydrogens is 163 g/mol. The van der Waals surface area contributed by atoms with Gasteiger partial charge in [-0.25, -0.2) is 4.39 Å². The number of allylic oxidation sites excluding steroid dienone is 6. The Kier molecular flexibility index (Phi) is 4.39. The predicted molar refractivity (Wildman–Crippen MR) is 57.4 cm³/mol.